The molecule has 0 spiro atoms. The average molecular weight is 291 g/mol. The van der Waals surface area contributed by atoms with Crippen LogP contribution in [0, 0.1) is 0 Å². The number of carbonyl (C=O) groups is 1. The van der Waals surface area contributed by atoms with Gasteiger partial charge in [-0.05, 0) is 30.5 Å². The van der Waals surface area contributed by atoms with E-state index in [1.807, 2.05) is 24.3 Å². The molecule has 1 aromatic rings. The number of hydrogen-bond acceptors (Lipinski definition) is 3. The molecule has 0 saturated heterocycles. The molecule has 0 bridgehead atoms. The summed E-state index contributed by atoms with van der Waals surface area (Å²) >= 11 is 0. The van der Waals surface area contributed by atoms with E-state index in [1.54, 1.807) is 0 Å². The molecule has 1 fully saturated rings. The summed E-state index contributed by atoms with van der Waals surface area (Å²) in [7, 11) is 0. The molecule has 0 atom stereocenters. The van der Waals surface area contributed by atoms with Gasteiger partial charge in [0.2, 0.25) is 0 Å². The Balaban J connectivity index is 1.75. The van der Waals surface area contributed by atoms with Crippen LogP contribution >= 0.6 is 0 Å². The quantitative estimate of drug-likeness (QED) is 0.844. The van der Waals surface area contributed by atoms with Crippen molar-refractivity contribution in [3.05, 3.63) is 29.8 Å². The third-order valence-electron chi connectivity index (χ3n) is 3.99. The van der Waals surface area contributed by atoms with Gasteiger partial charge in [-0.15, -0.1) is 0 Å². The van der Waals surface area contributed by atoms with Crippen molar-refractivity contribution >= 4 is 5.97 Å². The van der Waals surface area contributed by atoms with Crippen molar-refractivity contribution in [2.75, 3.05) is 6.61 Å². The fraction of sp³-hybridized carbons (Fsp3) is 0.588. The van der Waals surface area contributed by atoms with E-state index in [1.165, 1.54) is 50.5 Å². The van der Waals surface area contributed by atoms with Gasteiger partial charge >= 0.3 is 5.97 Å². The summed E-state index contributed by atoms with van der Waals surface area (Å²) in [6.45, 7) is 0.573. The maximum atomic E-state index is 10.4. The fourth-order valence-electron chi connectivity index (χ4n) is 2.77. The number of nitrogens with one attached hydrogen (secondary N) is 1. The predicted molar refractivity (Wildman–Crippen MR) is 82.5 cm³/mol. The van der Waals surface area contributed by atoms with Crippen LogP contribution < -0.4 is 10.1 Å². The normalized spacial score (nSPS) is 17.0. The molecule has 0 radical (unpaired) electrons. The molecule has 0 unspecified atom stereocenters. The van der Waals surface area contributed by atoms with E-state index in [0.29, 0.717) is 11.8 Å². The van der Waals surface area contributed by atoms with Gasteiger partial charge in [-0.3, -0.25) is 0 Å². The van der Waals surface area contributed by atoms with Gasteiger partial charge in [-0.1, -0.05) is 44.2 Å². The number of hydrogen-bond donors (Lipinski definition) is 2. The van der Waals surface area contributed by atoms with Crippen molar-refractivity contribution < 1.29 is 14.6 Å². The number of aliphatic carboxylic acids is 1. The first kappa shape index (κ1) is 15.8. The highest BCUT2D eigenvalue weighted by molar-refractivity contribution is 5.68. The zero-order chi connectivity index (χ0) is 14.9. The van der Waals surface area contributed by atoms with Gasteiger partial charge in [-0.2, -0.15) is 0 Å². The van der Waals surface area contributed by atoms with Crippen LogP contribution in [0.4, 0.5) is 0 Å². The third-order valence-corrected chi connectivity index (χ3v) is 3.99. The second kappa shape index (κ2) is 8.67. The van der Waals surface area contributed by atoms with Gasteiger partial charge in [0.05, 0.1) is 0 Å². The van der Waals surface area contributed by atoms with Crippen molar-refractivity contribution in [3.8, 4) is 5.75 Å². The molecule has 4 nitrogen and oxygen atoms in total. The van der Waals surface area contributed by atoms with Crippen LogP contribution in [0.15, 0.2) is 24.3 Å². The predicted octanol–water partition coefficient (Wildman–Crippen LogP) is 3.35. The number of carboxylic acid groups (broad SMARTS) is 1. The Labute approximate surface area is 126 Å². The molecule has 2 rings (SSSR count). The average Bonchev–Trinajstić information content (AvgIpc) is 2.45. The lowest BCUT2D eigenvalue weighted by Gasteiger charge is -2.21. The lowest BCUT2D eigenvalue weighted by atomic mass is 9.96. The highest BCUT2D eigenvalue weighted by atomic mass is 16.5. The van der Waals surface area contributed by atoms with Gasteiger partial charge in [0.25, 0.3) is 0 Å². The summed E-state index contributed by atoms with van der Waals surface area (Å²) < 4.78 is 5.13. The number of ether oxygens (including phenoxy) is 1. The molecule has 0 amide bonds. The number of benzene rings is 1. The van der Waals surface area contributed by atoms with Crippen LogP contribution in [-0.4, -0.2) is 23.7 Å². The maximum Gasteiger partial charge on any atom is 0.341 e. The van der Waals surface area contributed by atoms with E-state index in [0.717, 1.165) is 6.54 Å². The molecule has 1 saturated carbocycles. The summed E-state index contributed by atoms with van der Waals surface area (Å²) in [5.41, 5.74) is 1.21. The van der Waals surface area contributed by atoms with Gasteiger partial charge in [0.15, 0.2) is 6.61 Å². The van der Waals surface area contributed by atoms with Gasteiger partial charge in [0.1, 0.15) is 5.75 Å². The second-order valence-corrected chi connectivity index (χ2v) is 5.75. The van der Waals surface area contributed by atoms with E-state index >= 15 is 0 Å². The van der Waals surface area contributed by atoms with Crippen LogP contribution in [0.1, 0.15) is 50.5 Å². The highest BCUT2D eigenvalue weighted by Crippen LogP contribution is 2.18. The Morgan fingerprint density at radius 1 is 1.10 bits per heavy atom. The zero-order valence-corrected chi connectivity index (χ0v) is 12.5. The molecular weight excluding hydrogens is 266 g/mol. The van der Waals surface area contributed by atoms with E-state index in [9.17, 15) is 4.79 Å². The Kier molecular flexibility index (Phi) is 6.54. The van der Waals surface area contributed by atoms with Gasteiger partial charge < -0.3 is 15.2 Å². The summed E-state index contributed by atoms with van der Waals surface area (Å²) in [5.74, 6) is -0.350. The number of rotatable bonds is 6. The topological polar surface area (TPSA) is 58.6 Å². The second-order valence-electron chi connectivity index (χ2n) is 5.75. The summed E-state index contributed by atoms with van der Waals surface area (Å²) in [6.07, 6.45) is 9.35. The molecule has 116 valence electrons. The lowest BCUT2D eigenvalue weighted by molar-refractivity contribution is -0.139. The minimum atomic E-state index is -0.954. The molecule has 1 aliphatic carbocycles. The molecule has 1 aromatic carbocycles. The Morgan fingerprint density at radius 2 is 1.71 bits per heavy atom. The van der Waals surface area contributed by atoms with E-state index in [-0.39, 0.29) is 6.61 Å². The van der Waals surface area contributed by atoms with Crippen molar-refractivity contribution in [1.82, 2.24) is 5.32 Å². The van der Waals surface area contributed by atoms with Crippen LogP contribution in [0.5, 0.6) is 5.75 Å². The molecule has 1 aliphatic rings. The highest BCUT2D eigenvalue weighted by Gasteiger charge is 2.10. The summed E-state index contributed by atoms with van der Waals surface area (Å²) in [4.78, 5) is 10.4. The monoisotopic (exact) mass is 291 g/mol. The number of carboxylic acids is 1. The first-order valence-electron chi connectivity index (χ1n) is 7.91. The lowest BCUT2D eigenvalue weighted by Crippen LogP contribution is -2.29. The summed E-state index contributed by atoms with van der Waals surface area (Å²) in [6, 6.07) is 8.28. The Bertz CT molecular complexity index is 422. The molecule has 0 heterocycles. The van der Waals surface area contributed by atoms with Crippen molar-refractivity contribution in [2.24, 2.45) is 0 Å². The molecule has 21 heavy (non-hydrogen) atoms. The van der Waals surface area contributed by atoms with E-state index in [4.69, 9.17) is 9.84 Å². The SMILES string of the molecule is O=C(O)COc1ccc(CNC2CCCCCCC2)cc1. The minimum Gasteiger partial charge on any atom is -0.482 e. The van der Waals surface area contributed by atoms with Crippen LogP contribution in [-0.2, 0) is 11.3 Å². The minimum absolute atomic E-state index is 0.292. The van der Waals surface area contributed by atoms with Crippen LogP contribution in [0.2, 0.25) is 0 Å². The van der Waals surface area contributed by atoms with E-state index in [2.05, 4.69) is 5.32 Å². The third kappa shape index (κ3) is 6.17. The van der Waals surface area contributed by atoms with E-state index < -0.39 is 5.97 Å². The van der Waals surface area contributed by atoms with Crippen LogP contribution in [0.3, 0.4) is 0 Å². The van der Waals surface area contributed by atoms with Gasteiger partial charge in [-0.25, -0.2) is 4.79 Å². The largest absolute Gasteiger partial charge is 0.482 e. The van der Waals surface area contributed by atoms with Crippen molar-refractivity contribution in [2.45, 2.75) is 57.5 Å². The van der Waals surface area contributed by atoms with Gasteiger partial charge in [0, 0.05) is 12.6 Å². The maximum absolute atomic E-state index is 10.4. The molecule has 4 heteroatoms. The Morgan fingerprint density at radius 3 is 2.33 bits per heavy atom. The fourth-order valence-corrected chi connectivity index (χ4v) is 2.77. The smallest absolute Gasteiger partial charge is 0.341 e. The first-order valence-corrected chi connectivity index (χ1v) is 7.91. The summed E-state index contributed by atoms with van der Waals surface area (Å²) in [5, 5.41) is 12.2. The Hall–Kier alpha value is -1.55. The molecular formula is C17H25NO3. The standard InChI is InChI=1S/C17H25NO3/c19-17(20)13-21-16-10-8-14(9-11-16)12-18-15-6-4-2-1-3-5-7-15/h8-11,15,18H,1-7,12-13H2,(H,19,20). The first-order chi connectivity index (χ1) is 10.2. The molecule has 2 N–H and O–H groups in total. The molecule has 0 aromatic heterocycles. The van der Waals surface area contributed by atoms with Crippen molar-refractivity contribution in [3.63, 3.8) is 0 Å². The molecule has 0 aliphatic heterocycles. The van der Waals surface area contributed by atoms with Crippen molar-refractivity contribution in [1.29, 1.82) is 0 Å². The zero-order valence-electron chi connectivity index (χ0n) is 12.5. The van der Waals surface area contributed by atoms with Crippen LogP contribution in [0.25, 0.3) is 0 Å².